The summed E-state index contributed by atoms with van der Waals surface area (Å²) in [4.78, 5) is 20.8. The Morgan fingerprint density at radius 1 is 1.60 bits per heavy atom. The summed E-state index contributed by atoms with van der Waals surface area (Å²) >= 11 is 0. The van der Waals surface area contributed by atoms with Gasteiger partial charge in [-0.1, -0.05) is 0 Å². The van der Waals surface area contributed by atoms with Crippen LogP contribution in [0, 0.1) is 28.4 Å². The number of carbonyl (C=O) groups is 1. The standard InChI is InChI=1S/C9H7N3O3/c1-5-2-8(12(14)15)7(9(11)13)3-6(5)4-10/h2-3H,1H3,(H2,11,13). The van der Waals surface area contributed by atoms with Crippen LogP contribution < -0.4 is 5.73 Å². The van der Waals surface area contributed by atoms with Gasteiger partial charge in [-0.15, -0.1) is 0 Å². The first-order valence-electron chi connectivity index (χ1n) is 3.96. The van der Waals surface area contributed by atoms with Crippen LogP contribution in [-0.4, -0.2) is 10.8 Å². The van der Waals surface area contributed by atoms with Gasteiger partial charge in [-0.3, -0.25) is 14.9 Å². The van der Waals surface area contributed by atoms with Gasteiger partial charge in [-0.2, -0.15) is 5.26 Å². The Balaban J connectivity index is 3.54. The van der Waals surface area contributed by atoms with Gasteiger partial charge in [0, 0.05) is 6.07 Å². The molecule has 0 saturated carbocycles. The molecule has 0 aliphatic carbocycles. The average Bonchev–Trinajstić information content (AvgIpc) is 2.16. The summed E-state index contributed by atoms with van der Waals surface area (Å²) < 4.78 is 0. The number of primary amides is 1. The lowest BCUT2D eigenvalue weighted by Crippen LogP contribution is -2.14. The van der Waals surface area contributed by atoms with E-state index in [-0.39, 0.29) is 16.8 Å². The number of nitrogens with two attached hydrogens (primary N) is 1. The second kappa shape index (κ2) is 3.75. The fourth-order valence-electron chi connectivity index (χ4n) is 1.16. The Labute approximate surface area is 85.1 Å². The van der Waals surface area contributed by atoms with Gasteiger partial charge in [0.25, 0.3) is 11.6 Å². The van der Waals surface area contributed by atoms with Crippen molar-refractivity contribution in [3.8, 4) is 6.07 Å². The minimum Gasteiger partial charge on any atom is -0.365 e. The third-order valence-electron chi connectivity index (χ3n) is 1.93. The summed E-state index contributed by atoms with van der Waals surface area (Å²) in [6, 6.07) is 4.13. The molecule has 1 aromatic rings. The quantitative estimate of drug-likeness (QED) is 0.570. The molecule has 6 nitrogen and oxygen atoms in total. The first-order valence-corrected chi connectivity index (χ1v) is 3.96. The zero-order valence-corrected chi connectivity index (χ0v) is 7.85. The van der Waals surface area contributed by atoms with Crippen LogP contribution in [0.2, 0.25) is 0 Å². The van der Waals surface area contributed by atoms with E-state index < -0.39 is 10.8 Å². The molecule has 0 atom stereocenters. The highest BCUT2D eigenvalue weighted by Crippen LogP contribution is 2.22. The predicted octanol–water partition coefficient (Wildman–Crippen LogP) is 0.874. The zero-order valence-electron chi connectivity index (χ0n) is 7.85. The molecule has 0 aliphatic rings. The molecule has 76 valence electrons. The first kappa shape index (κ1) is 10.7. The maximum Gasteiger partial charge on any atom is 0.282 e. The van der Waals surface area contributed by atoms with Crippen molar-refractivity contribution in [2.24, 2.45) is 5.73 Å². The number of nitro benzene ring substituents is 1. The minimum atomic E-state index is -0.918. The Morgan fingerprint density at radius 2 is 2.20 bits per heavy atom. The molecule has 2 N–H and O–H groups in total. The van der Waals surface area contributed by atoms with Gasteiger partial charge >= 0.3 is 0 Å². The number of aryl methyl sites for hydroxylation is 1. The van der Waals surface area contributed by atoms with Crippen molar-refractivity contribution in [2.75, 3.05) is 0 Å². The van der Waals surface area contributed by atoms with Crippen LogP contribution in [0.1, 0.15) is 21.5 Å². The fourth-order valence-corrected chi connectivity index (χ4v) is 1.16. The molecule has 0 unspecified atom stereocenters. The van der Waals surface area contributed by atoms with Gasteiger partial charge in [0.1, 0.15) is 5.56 Å². The van der Waals surface area contributed by atoms with Crippen molar-refractivity contribution in [1.29, 1.82) is 5.26 Å². The Bertz CT molecular complexity index is 488. The third kappa shape index (κ3) is 1.91. The Morgan fingerprint density at radius 3 is 2.60 bits per heavy atom. The molecule has 15 heavy (non-hydrogen) atoms. The lowest BCUT2D eigenvalue weighted by molar-refractivity contribution is -0.385. The van der Waals surface area contributed by atoms with Gasteiger partial charge in [-0.25, -0.2) is 0 Å². The molecule has 0 aromatic heterocycles. The van der Waals surface area contributed by atoms with E-state index in [1.54, 1.807) is 6.92 Å². The van der Waals surface area contributed by atoms with E-state index in [1.807, 2.05) is 6.07 Å². The smallest absolute Gasteiger partial charge is 0.282 e. The molecule has 0 aliphatic heterocycles. The highest BCUT2D eigenvalue weighted by atomic mass is 16.6. The number of rotatable bonds is 2. The van der Waals surface area contributed by atoms with E-state index in [2.05, 4.69) is 0 Å². The topological polar surface area (TPSA) is 110 Å². The highest BCUT2D eigenvalue weighted by Gasteiger charge is 2.20. The van der Waals surface area contributed by atoms with Crippen molar-refractivity contribution in [3.63, 3.8) is 0 Å². The highest BCUT2D eigenvalue weighted by molar-refractivity contribution is 5.97. The van der Waals surface area contributed by atoms with Crippen LogP contribution in [0.4, 0.5) is 5.69 Å². The van der Waals surface area contributed by atoms with Crippen LogP contribution in [0.3, 0.4) is 0 Å². The van der Waals surface area contributed by atoms with Crippen LogP contribution in [0.25, 0.3) is 0 Å². The molecule has 1 aromatic carbocycles. The van der Waals surface area contributed by atoms with Crippen molar-refractivity contribution in [2.45, 2.75) is 6.92 Å². The van der Waals surface area contributed by atoms with Crippen LogP contribution in [-0.2, 0) is 0 Å². The summed E-state index contributed by atoms with van der Waals surface area (Å²) in [6.45, 7) is 1.55. The van der Waals surface area contributed by atoms with Gasteiger partial charge in [0.2, 0.25) is 0 Å². The normalized spacial score (nSPS) is 9.33. The molecule has 0 radical (unpaired) electrons. The summed E-state index contributed by atoms with van der Waals surface area (Å²) in [6.07, 6.45) is 0. The van der Waals surface area contributed by atoms with Crippen molar-refractivity contribution in [3.05, 3.63) is 38.9 Å². The number of amides is 1. The van der Waals surface area contributed by atoms with Gasteiger partial charge in [-0.05, 0) is 18.6 Å². The Hall–Kier alpha value is -2.42. The summed E-state index contributed by atoms with van der Waals surface area (Å²) in [5.41, 5.74) is 4.99. The van der Waals surface area contributed by atoms with Crippen LogP contribution >= 0.6 is 0 Å². The second-order valence-corrected chi connectivity index (χ2v) is 2.92. The van der Waals surface area contributed by atoms with E-state index in [0.29, 0.717) is 5.56 Å². The molecule has 0 bridgehead atoms. The molecule has 0 heterocycles. The second-order valence-electron chi connectivity index (χ2n) is 2.92. The average molecular weight is 205 g/mol. The SMILES string of the molecule is Cc1cc([N+](=O)[O-])c(C(N)=O)cc1C#N. The maximum atomic E-state index is 10.9. The molecular weight excluding hydrogens is 198 g/mol. The fraction of sp³-hybridized carbons (Fsp3) is 0.111. The lowest BCUT2D eigenvalue weighted by Gasteiger charge is -2.01. The number of nitro groups is 1. The van der Waals surface area contributed by atoms with Crippen LogP contribution in [0.5, 0.6) is 0 Å². The van der Waals surface area contributed by atoms with E-state index in [1.165, 1.54) is 6.07 Å². The number of hydrogen-bond donors (Lipinski definition) is 1. The molecule has 0 fully saturated rings. The molecule has 0 saturated heterocycles. The summed E-state index contributed by atoms with van der Waals surface area (Å²) in [5.74, 6) is -0.918. The number of benzene rings is 1. The lowest BCUT2D eigenvalue weighted by atomic mass is 10.0. The third-order valence-corrected chi connectivity index (χ3v) is 1.93. The van der Waals surface area contributed by atoms with Crippen molar-refractivity contribution < 1.29 is 9.72 Å². The van der Waals surface area contributed by atoms with E-state index in [9.17, 15) is 14.9 Å². The molecular formula is C9H7N3O3. The first-order chi connectivity index (χ1) is 6.97. The van der Waals surface area contributed by atoms with Gasteiger partial charge in [0.05, 0.1) is 16.6 Å². The van der Waals surface area contributed by atoms with Crippen molar-refractivity contribution >= 4 is 11.6 Å². The molecule has 0 spiro atoms. The summed E-state index contributed by atoms with van der Waals surface area (Å²) in [7, 11) is 0. The van der Waals surface area contributed by atoms with E-state index in [0.717, 1.165) is 6.07 Å². The van der Waals surface area contributed by atoms with Gasteiger partial charge < -0.3 is 5.73 Å². The Kier molecular flexibility index (Phi) is 2.67. The number of nitrogens with zero attached hydrogens (tertiary/aromatic N) is 2. The van der Waals surface area contributed by atoms with Crippen LogP contribution in [0.15, 0.2) is 12.1 Å². The molecule has 1 rings (SSSR count). The summed E-state index contributed by atoms with van der Waals surface area (Å²) in [5, 5.41) is 19.3. The number of hydrogen-bond acceptors (Lipinski definition) is 4. The minimum absolute atomic E-state index is 0.203. The molecule has 1 amide bonds. The monoisotopic (exact) mass is 205 g/mol. The van der Waals surface area contributed by atoms with E-state index >= 15 is 0 Å². The van der Waals surface area contributed by atoms with Crippen molar-refractivity contribution in [1.82, 2.24) is 0 Å². The maximum absolute atomic E-state index is 10.9. The molecule has 6 heteroatoms. The largest absolute Gasteiger partial charge is 0.365 e. The number of carbonyl (C=O) groups excluding carboxylic acids is 1. The number of nitriles is 1. The van der Waals surface area contributed by atoms with E-state index in [4.69, 9.17) is 11.0 Å². The van der Waals surface area contributed by atoms with Gasteiger partial charge in [0.15, 0.2) is 0 Å². The predicted molar refractivity (Wildman–Crippen MR) is 51.1 cm³/mol. The zero-order chi connectivity index (χ0) is 11.6.